The molecule has 0 fully saturated rings. The minimum atomic E-state index is -0.923. The van der Waals surface area contributed by atoms with Gasteiger partial charge in [0.1, 0.15) is 0 Å². The molecule has 4 heteroatoms. The molecule has 1 atom stereocenters. The van der Waals surface area contributed by atoms with E-state index in [1.165, 1.54) is 17.9 Å². The Labute approximate surface area is 81.8 Å². The zero-order valence-corrected chi connectivity index (χ0v) is 8.38. The summed E-state index contributed by atoms with van der Waals surface area (Å²) in [5.74, 6) is -1.83. The molecule has 1 N–H and O–H groups in total. The summed E-state index contributed by atoms with van der Waals surface area (Å²) in [5.41, 5.74) is 0.480. The fourth-order valence-electron chi connectivity index (χ4n) is 1.35. The Bertz CT molecular complexity index is 337. The lowest BCUT2D eigenvalue weighted by molar-refractivity contribution is 0.199. The number of rotatable bonds is 2. The number of hydrogen-bond donors (Lipinski definition) is 1. The van der Waals surface area contributed by atoms with Crippen molar-refractivity contribution in [2.75, 3.05) is 19.0 Å². The molecule has 0 spiro atoms. The third kappa shape index (κ3) is 1.85. The van der Waals surface area contributed by atoms with E-state index in [1.807, 2.05) is 0 Å². The number of hydrogen-bond acceptors (Lipinski definition) is 2. The molecule has 1 rings (SSSR count). The number of nitrogens with zero attached hydrogens (tertiary/aromatic N) is 1. The molecule has 0 saturated heterocycles. The summed E-state index contributed by atoms with van der Waals surface area (Å²) in [6.45, 7) is 1.51. The lowest BCUT2D eigenvalue weighted by Crippen LogP contribution is -2.15. The molecule has 0 aromatic heterocycles. The SMILES string of the molecule is C[C@@H](O)c1ccc(F)c(F)c1N(C)C. The van der Waals surface area contributed by atoms with Crippen molar-refractivity contribution < 1.29 is 13.9 Å². The third-order valence-corrected chi connectivity index (χ3v) is 2.00. The van der Waals surface area contributed by atoms with E-state index in [9.17, 15) is 13.9 Å². The van der Waals surface area contributed by atoms with Crippen molar-refractivity contribution in [1.29, 1.82) is 0 Å². The Morgan fingerprint density at radius 3 is 2.29 bits per heavy atom. The molecule has 1 aromatic rings. The maximum absolute atomic E-state index is 13.3. The number of aliphatic hydroxyl groups is 1. The highest BCUT2D eigenvalue weighted by Gasteiger charge is 2.17. The smallest absolute Gasteiger partial charge is 0.182 e. The quantitative estimate of drug-likeness (QED) is 0.791. The highest BCUT2D eigenvalue weighted by molar-refractivity contribution is 5.55. The van der Waals surface area contributed by atoms with E-state index in [4.69, 9.17) is 0 Å². The van der Waals surface area contributed by atoms with E-state index >= 15 is 0 Å². The average molecular weight is 201 g/mol. The monoisotopic (exact) mass is 201 g/mol. The first kappa shape index (κ1) is 10.9. The molecule has 0 amide bonds. The van der Waals surface area contributed by atoms with Crippen LogP contribution in [0.3, 0.4) is 0 Å². The lowest BCUT2D eigenvalue weighted by atomic mass is 10.1. The van der Waals surface area contributed by atoms with Crippen LogP contribution >= 0.6 is 0 Å². The average Bonchev–Trinajstić information content (AvgIpc) is 2.08. The Morgan fingerprint density at radius 1 is 1.29 bits per heavy atom. The zero-order valence-electron chi connectivity index (χ0n) is 8.38. The molecule has 78 valence electrons. The second-order valence-corrected chi connectivity index (χ2v) is 3.37. The summed E-state index contributed by atoms with van der Waals surface area (Å²) in [5, 5.41) is 9.35. The van der Waals surface area contributed by atoms with Gasteiger partial charge in [-0.25, -0.2) is 8.78 Å². The molecular formula is C10H13F2NO. The van der Waals surface area contributed by atoms with Gasteiger partial charge in [-0.05, 0) is 13.0 Å². The van der Waals surface area contributed by atoms with Crippen LogP contribution in [0, 0.1) is 11.6 Å². The van der Waals surface area contributed by atoms with E-state index in [0.717, 1.165) is 6.07 Å². The molecule has 0 unspecified atom stereocenters. The Balaban J connectivity index is 3.38. The van der Waals surface area contributed by atoms with Crippen LogP contribution in [-0.2, 0) is 0 Å². The molecule has 0 aliphatic carbocycles. The van der Waals surface area contributed by atoms with Crippen molar-refractivity contribution in [3.8, 4) is 0 Å². The molecule has 2 nitrogen and oxygen atoms in total. The summed E-state index contributed by atoms with van der Waals surface area (Å²) in [4.78, 5) is 1.44. The van der Waals surface area contributed by atoms with Crippen molar-refractivity contribution in [3.05, 3.63) is 29.3 Å². The number of aliphatic hydroxyl groups excluding tert-OH is 1. The molecule has 14 heavy (non-hydrogen) atoms. The summed E-state index contributed by atoms with van der Waals surface area (Å²) in [6, 6.07) is 2.41. The van der Waals surface area contributed by atoms with Crippen LogP contribution in [0.2, 0.25) is 0 Å². The van der Waals surface area contributed by atoms with Crippen LogP contribution in [0.5, 0.6) is 0 Å². The molecule has 0 aliphatic heterocycles. The standard InChI is InChI=1S/C10H13F2NO/c1-6(14)7-4-5-8(11)9(12)10(7)13(2)3/h4-6,14H,1-3H3/t6-/m1/s1. The molecule has 0 bridgehead atoms. The summed E-state index contributed by atoms with van der Waals surface area (Å²) >= 11 is 0. The predicted octanol–water partition coefficient (Wildman–Crippen LogP) is 2.08. The number of anilines is 1. The van der Waals surface area contributed by atoms with E-state index in [1.54, 1.807) is 14.1 Å². The van der Waals surface area contributed by atoms with Gasteiger partial charge in [-0.2, -0.15) is 0 Å². The van der Waals surface area contributed by atoms with Gasteiger partial charge in [0.05, 0.1) is 11.8 Å². The first-order valence-corrected chi connectivity index (χ1v) is 4.28. The third-order valence-electron chi connectivity index (χ3n) is 2.00. The van der Waals surface area contributed by atoms with Gasteiger partial charge in [-0.1, -0.05) is 6.07 Å². The van der Waals surface area contributed by atoms with Crippen LogP contribution in [0.4, 0.5) is 14.5 Å². The maximum Gasteiger partial charge on any atom is 0.182 e. The normalized spacial score (nSPS) is 12.7. The van der Waals surface area contributed by atoms with Crippen LogP contribution in [0.15, 0.2) is 12.1 Å². The second kappa shape index (κ2) is 3.92. The fraction of sp³-hybridized carbons (Fsp3) is 0.400. The van der Waals surface area contributed by atoms with Crippen molar-refractivity contribution in [2.24, 2.45) is 0 Å². The van der Waals surface area contributed by atoms with Crippen molar-refractivity contribution in [1.82, 2.24) is 0 Å². The van der Waals surface area contributed by atoms with Gasteiger partial charge in [0.2, 0.25) is 0 Å². The van der Waals surface area contributed by atoms with Crippen molar-refractivity contribution in [3.63, 3.8) is 0 Å². The molecule has 0 saturated carbocycles. The zero-order chi connectivity index (χ0) is 10.9. The highest BCUT2D eigenvalue weighted by Crippen LogP contribution is 2.29. The minimum Gasteiger partial charge on any atom is -0.389 e. The molecule has 0 radical (unpaired) electrons. The van der Waals surface area contributed by atoms with Crippen molar-refractivity contribution in [2.45, 2.75) is 13.0 Å². The van der Waals surface area contributed by atoms with Crippen LogP contribution in [0.1, 0.15) is 18.6 Å². The van der Waals surface area contributed by atoms with Crippen LogP contribution in [-0.4, -0.2) is 19.2 Å². The molecule has 0 heterocycles. The predicted molar refractivity (Wildman–Crippen MR) is 51.3 cm³/mol. The van der Waals surface area contributed by atoms with Crippen molar-refractivity contribution >= 4 is 5.69 Å². The summed E-state index contributed by atoms with van der Waals surface area (Å²) in [7, 11) is 3.20. The van der Waals surface area contributed by atoms with E-state index in [0.29, 0.717) is 5.56 Å². The Hall–Kier alpha value is -1.16. The largest absolute Gasteiger partial charge is 0.389 e. The summed E-state index contributed by atoms with van der Waals surface area (Å²) < 4.78 is 26.2. The fourth-order valence-corrected chi connectivity index (χ4v) is 1.35. The molecular weight excluding hydrogens is 188 g/mol. The van der Waals surface area contributed by atoms with Gasteiger partial charge in [0, 0.05) is 19.7 Å². The van der Waals surface area contributed by atoms with Gasteiger partial charge in [0.15, 0.2) is 11.6 Å². The van der Waals surface area contributed by atoms with Gasteiger partial charge in [0.25, 0.3) is 0 Å². The number of halogens is 2. The van der Waals surface area contributed by atoms with Gasteiger partial charge in [-0.3, -0.25) is 0 Å². The van der Waals surface area contributed by atoms with Crippen LogP contribution < -0.4 is 4.90 Å². The molecule has 0 aliphatic rings. The summed E-state index contributed by atoms with van der Waals surface area (Å²) in [6.07, 6.45) is -0.817. The first-order valence-electron chi connectivity index (χ1n) is 4.28. The van der Waals surface area contributed by atoms with Crippen LogP contribution in [0.25, 0.3) is 0 Å². The Morgan fingerprint density at radius 2 is 1.86 bits per heavy atom. The lowest BCUT2D eigenvalue weighted by Gasteiger charge is -2.19. The second-order valence-electron chi connectivity index (χ2n) is 3.37. The van der Waals surface area contributed by atoms with E-state index < -0.39 is 17.7 Å². The Kier molecular flexibility index (Phi) is 3.06. The highest BCUT2D eigenvalue weighted by atomic mass is 19.2. The minimum absolute atomic E-state index is 0.0972. The number of benzene rings is 1. The molecule has 1 aromatic carbocycles. The van der Waals surface area contributed by atoms with E-state index in [2.05, 4.69) is 0 Å². The van der Waals surface area contributed by atoms with Gasteiger partial charge in [-0.15, -0.1) is 0 Å². The maximum atomic E-state index is 13.3. The first-order chi connectivity index (χ1) is 6.45. The van der Waals surface area contributed by atoms with Gasteiger partial charge < -0.3 is 10.0 Å². The van der Waals surface area contributed by atoms with Gasteiger partial charge >= 0.3 is 0 Å². The topological polar surface area (TPSA) is 23.5 Å². The van der Waals surface area contributed by atoms with E-state index in [-0.39, 0.29) is 5.69 Å².